The Morgan fingerprint density at radius 3 is 1.45 bits per heavy atom. The van der Waals surface area contributed by atoms with Crippen LogP contribution >= 0.6 is 0 Å². The number of benzene rings is 2. The maximum Gasteiger partial charge on any atom is 0.177 e. The lowest BCUT2D eigenvalue weighted by atomic mass is 9.99. The molecule has 0 saturated carbocycles. The molecule has 0 unspecified atom stereocenters. The van der Waals surface area contributed by atoms with Gasteiger partial charge in [0.2, 0.25) is 0 Å². The smallest absolute Gasteiger partial charge is 0.177 e. The van der Waals surface area contributed by atoms with Crippen molar-refractivity contribution in [2.24, 2.45) is 11.5 Å². The minimum Gasteiger partial charge on any atom is -0.341 e. The number of rotatable bonds is 10. The molecule has 0 amide bonds. The van der Waals surface area contributed by atoms with Crippen LogP contribution < -0.4 is 11.5 Å². The van der Waals surface area contributed by atoms with Gasteiger partial charge in [0.05, 0.1) is 11.0 Å². The van der Waals surface area contributed by atoms with E-state index in [9.17, 15) is 0 Å². The number of unbranched alkanes of at least 4 members (excludes halogenated alkanes) is 2. The fourth-order valence-corrected chi connectivity index (χ4v) is 4.93. The molecule has 0 fully saturated rings. The van der Waals surface area contributed by atoms with Crippen molar-refractivity contribution in [3.05, 3.63) is 72.6 Å². The first-order valence-corrected chi connectivity index (χ1v) is 14.3. The van der Waals surface area contributed by atoms with E-state index >= 15 is 0 Å². The number of hydrogen-bond donors (Lipinski definition) is 4. The summed E-state index contributed by atoms with van der Waals surface area (Å²) in [4.78, 5) is 25.3. The second kappa shape index (κ2) is 12.8. The summed E-state index contributed by atoms with van der Waals surface area (Å²) >= 11 is 0. The lowest BCUT2D eigenvalue weighted by molar-refractivity contribution is 0.724. The van der Waals surface area contributed by atoms with E-state index in [-0.39, 0.29) is 0 Å². The van der Waals surface area contributed by atoms with Gasteiger partial charge in [-0.15, -0.1) is 0 Å². The van der Waals surface area contributed by atoms with Crippen molar-refractivity contribution < 1.29 is 0 Å². The van der Waals surface area contributed by atoms with Crippen LogP contribution in [0.3, 0.4) is 0 Å². The first-order valence-electron chi connectivity index (χ1n) is 14.3. The minimum absolute atomic E-state index is 0.708. The first-order chi connectivity index (χ1) is 19.7. The molecule has 0 saturated heterocycles. The Bertz CT molecular complexity index is 1590. The van der Waals surface area contributed by atoms with Gasteiger partial charge in [-0.1, -0.05) is 38.1 Å². The number of aromatic nitrogens is 6. The molecule has 206 valence electrons. The van der Waals surface area contributed by atoms with Crippen LogP contribution in [-0.4, -0.2) is 43.0 Å². The normalized spacial score (nSPS) is 11.3. The molecular weight excluding hydrogens is 496 g/mol. The second-order valence-corrected chi connectivity index (χ2v) is 9.83. The minimum atomic E-state index is 0.708. The monoisotopic (exact) mass is 534 g/mol. The van der Waals surface area contributed by atoms with Crippen molar-refractivity contribution in [3.8, 4) is 22.3 Å². The molecule has 6 N–H and O–H groups in total. The molecule has 2 aromatic carbocycles. The maximum absolute atomic E-state index is 5.61. The first kappa shape index (κ1) is 27.4. The van der Waals surface area contributed by atoms with E-state index in [1.54, 1.807) is 0 Å². The van der Waals surface area contributed by atoms with Crippen LogP contribution in [0.4, 0.5) is 0 Å². The van der Waals surface area contributed by atoms with Gasteiger partial charge in [0.1, 0.15) is 11.6 Å². The van der Waals surface area contributed by atoms with Gasteiger partial charge in [-0.2, -0.15) is 0 Å². The van der Waals surface area contributed by atoms with Crippen molar-refractivity contribution in [1.29, 1.82) is 0 Å². The topological polar surface area (TPSA) is 135 Å². The number of nitrogens with two attached hydrogens (primary N) is 2. The number of H-pyrrole nitrogens is 2. The molecule has 0 bridgehead atoms. The molecule has 0 aliphatic carbocycles. The van der Waals surface area contributed by atoms with Gasteiger partial charge < -0.3 is 21.4 Å². The molecule has 4 aromatic heterocycles. The number of aryl methyl sites for hydroxylation is 2. The highest BCUT2D eigenvalue weighted by atomic mass is 15.0. The predicted octanol–water partition coefficient (Wildman–Crippen LogP) is 6.31. The number of imidazole rings is 2. The van der Waals surface area contributed by atoms with E-state index in [1.807, 2.05) is 26.2 Å². The molecule has 4 heterocycles. The molecule has 40 heavy (non-hydrogen) atoms. The van der Waals surface area contributed by atoms with Gasteiger partial charge >= 0.3 is 0 Å². The standard InChI is InChI=1S/C30H32N8.C2H6/c31-11-3-1-5-27-35-25-15-23(17-33-29(25)37-27)21-9-7-20-14-22(10-8-19(20)13-21)24-16-26-30(34-18-24)38-28(36-26)6-2-4-12-32;1-2/h7-10,13-18H,1-6,11-12,31-32H2,(H,33,35,37)(H,34,36,38);1-2H3. The number of nitrogens with one attached hydrogen (secondary N) is 2. The van der Waals surface area contributed by atoms with E-state index in [1.165, 1.54) is 10.8 Å². The average molecular weight is 535 g/mol. The Labute approximate surface area is 234 Å². The Morgan fingerprint density at radius 1 is 0.575 bits per heavy atom. The molecular formula is C32H38N8. The largest absolute Gasteiger partial charge is 0.341 e. The molecule has 6 aromatic rings. The van der Waals surface area contributed by atoms with Crippen LogP contribution in [-0.2, 0) is 12.8 Å². The quantitative estimate of drug-likeness (QED) is 0.152. The van der Waals surface area contributed by atoms with Gasteiger partial charge in [-0.25, -0.2) is 19.9 Å². The van der Waals surface area contributed by atoms with Crippen LogP contribution in [0.15, 0.2) is 60.9 Å². The summed E-state index contributed by atoms with van der Waals surface area (Å²) in [5.74, 6) is 1.93. The third-order valence-electron chi connectivity index (χ3n) is 7.02. The van der Waals surface area contributed by atoms with Crippen molar-refractivity contribution in [2.45, 2.75) is 52.4 Å². The molecule has 0 spiro atoms. The van der Waals surface area contributed by atoms with E-state index in [0.29, 0.717) is 13.1 Å². The summed E-state index contributed by atoms with van der Waals surface area (Å²) in [6, 6.07) is 17.3. The number of aromatic amines is 2. The van der Waals surface area contributed by atoms with E-state index in [2.05, 4.69) is 78.4 Å². The van der Waals surface area contributed by atoms with Crippen molar-refractivity contribution in [1.82, 2.24) is 29.9 Å². The summed E-state index contributed by atoms with van der Waals surface area (Å²) in [5.41, 5.74) is 19.1. The van der Waals surface area contributed by atoms with E-state index in [0.717, 1.165) is 94.8 Å². The molecule has 6 rings (SSSR count). The lowest BCUT2D eigenvalue weighted by Gasteiger charge is -2.07. The Hall–Kier alpha value is -4.14. The van der Waals surface area contributed by atoms with Crippen LogP contribution in [0.1, 0.15) is 51.2 Å². The molecule has 0 aliphatic rings. The van der Waals surface area contributed by atoms with Gasteiger partial charge in [-0.3, -0.25) is 0 Å². The Balaban J connectivity index is 0.00000158. The number of fused-ring (bicyclic) bond motifs is 3. The fraction of sp³-hybridized carbons (Fsp3) is 0.312. The molecule has 8 heteroatoms. The third-order valence-corrected chi connectivity index (χ3v) is 7.02. The van der Waals surface area contributed by atoms with Crippen molar-refractivity contribution in [2.75, 3.05) is 13.1 Å². The van der Waals surface area contributed by atoms with Crippen molar-refractivity contribution >= 4 is 33.1 Å². The summed E-state index contributed by atoms with van der Waals surface area (Å²) in [5, 5.41) is 2.35. The molecule has 8 nitrogen and oxygen atoms in total. The van der Waals surface area contributed by atoms with Gasteiger partial charge in [0.15, 0.2) is 11.3 Å². The average Bonchev–Trinajstić information content (AvgIpc) is 3.60. The fourth-order valence-electron chi connectivity index (χ4n) is 4.93. The van der Waals surface area contributed by atoms with Gasteiger partial charge in [0.25, 0.3) is 0 Å². The Morgan fingerprint density at radius 2 is 1.02 bits per heavy atom. The molecule has 0 atom stereocenters. The van der Waals surface area contributed by atoms with E-state index in [4.69, 9.17) is 11.5 Å². The predicted molar refractivity (Wildman–Crippen MR) is 165 cm³/mol. The van der Waals surface area contributed by atoms with Crippen molar-refractivity contribution in [3.63, 3.8) is 0 Å². The SMILES string of the molecule is CC.NCCCCc1nc2ncc(-c3ccc4cc(-c5cnc6nc(CCCCN)[nH]c6c5)ccc4c3)cc2[nH]1. The molecule has 0 radical (unpaired) electrons. The summed E-state index contributed by atoms with van der Waals surface area (Å²) < 4.78 is 0. The number of pyridine rings is 2. The van der Waals surface area contributed by atoms with Crippen LogP contribution in [0, 0.1) is 0 Å². The maximum atomic E-state index is 5.61. The summed E-state index contributed by atoms with van der Waals surface area (Å²) in [6.45, 7) is 5.42. The second-order valence-electron chi connectivity index (χ2n) is 9.83. The number of nitrogens with zero attached hydrogens (tertiary/aromatic N) is 4. The zero-order valence-electron chi connectivity index (χ0n) is 23.4. The van der Waals surface area contributed by atoms with E-state index < -0.39 is 0 Å². The van der Waals surface area contributed by atoms with Crippen LogP contribution in [0.2, 0.25) is 0 Å². The van der Waals surface area contributed by atoms with Gasteiger partial charge in [0, 0.05) is 36.4 Å². The highest BCUT2D eigenvalue weighted by Crippen LogP contribution is 2.30. The third kappa shape index (κ3) is 6.03. The zero-order chi connectivity index (χ0) is 27.9. The number of hydrogen-bond acceptors (Lipinski definition) is 6. The van der Waals surface area contributed by atoms with Gasteiger partial charge in [-0.05, 0) is 84.9 Å². The van der Waals surface area contributed by atoms with Crippen LogP contribution in [0.5, 0.6) is 0 Å². The summed E-state index contributed by atoms with van der Waals surface area (Å²) in [6.07, 6.45) is 9.63. The Kier molecular flexibility index (Phi) is 8.78. The summed E-state index contributed by atoms with van der Waals surface area (Å²) in [7, 11) is 0. The lowest BCUT2D eigenvalue weighted by Crippen LogP contribution is -1.99. The van der Waals surface area contributed by atoms with Crippen LogP contribution in [0.25, 0.3) is 55.4 Å². The highest BCUT2D eigenvalue weighted by molar-refractivity contribution is 5.92. The highest BCUT2D eigenvalue weighted by Gasteiger charge is 2.10. The molecule has 0 aliphatic heterocycles. The zero-order valence-corrected chi connectivity index (χ0v) is 23.4.